The van der Waals surface area contributed by atoms with E-state index in [9.17, 15) is 9.59 Å². The topological polar surface area (TPSA) is 49.4 Å². The Hall–Kier alpha value is -1.06. The van der Waals surface area contributed by atoms with Crippen LogP contribution in [0.25, 0.3) is 0 Å². The summed E-state index contributed by atoms with van der Waals surface area (Å²) in [6.07, 6.45) is 4.14. The second kappa shape index (κ2) is 5.73. The van der Waals surface area contributed by atoms with Gasteiger partial charge in [-0.2, -0.15) is 0 Å². The Morgan fingerprint density at radius 1 is 1.33 bits per heavy atom. The average Bonchev–Trinajstić information content (AvgIpc) is 2.28. The van der Waals surface area contributed by atoms with Crippen LogP contribution in [0.2, 0.25) is 0 Å². The Morgan fingerprint density at radius 2 is 2.07 bits per heavy atom. The van der Waals surface area contributed by atoms with Crippen LogP contribution in [0.15, 0.2) is 0 Å². The van der Waals surface area contributed by atoms with Crippen LogP contribution in [0.1, 0.15) is 39.5 Å². The Kier molecular flexibility index (Phi) is 4.59. The fraction of sp³-hybridized carbons (Fsp3) is 0.818. The SMILES string of the molecule is CCNC(=O)C(=O)N1CCCCC1CC. The standard InChI is InChI=1S/C11H20N2O2/c1-3-9-7-5-6-8-13(9)11(15)10(14)12-4-2/h9H,3-8H2,1-2H3,(H,12,14). The zero-order chi connectivity index (χ0) is 11.3. The van der Waals surface area contributed by atoms with Crippen molar-refractivity contribution in [2.45, 2.75) is 45.6 Å². The van der Waals surface area contributed by atoms with E-state index in [0.717, 1.165) is 32.2 Å². The monoisotopic (exact) mass is 212 g/mol. The van der Waals surface area contributed by atoms with Gasteiger partial charge in [0.2, 0.25) is 0 Å². The zero-order valence-corrected chi connectivity index (χ0v) is 9.58. The molecule has 1 fully saturated rings. The molecule has 1 aliphatic rings. The van der Waals surface area contributed by atoms with E-state index in [1.807, 2.05) is 6.92 Å². The maximum atomic E-state index is 11.8. The van der Waals surface area contributed by atoms with Gasteiger partial charge in [-0.25, -0.2) is 0 Å². The summed E-state index contributed by atoms with van der Waals surface area (Å²) in [7, 11) is 0. The Balaban J connectivity index is 2.59. The van der Waals surface area contributed by atoms with Gasteiger partial charge in [-0.3, -0.25) is 9.59 Å². The Bertz CT molecular complexity index is 241. The first-order valence-corrected chi connectivity index (χ1v) is 5.79. The molecule has 15 heavy (non-hydrogen) atoms. The van der Waals surface area contributed by atoms with Crippen molar-refractivity contribution in [1.82, 2.24) is 10.2 Å². The van der Waals surface area contributed by atoms with Gasteiger partial charge in [-0.1, -0.05) is 6.92 Å². The van der Waals surface area contributed by atoms with E-state index in [4.69, 9.17) is 0 Å². The van der Waals surface area contributed by atoms with Gasteiger partial charge in [0.25, 0.3) is 0 Å². The van der Waals surface area contributed by atoms with E-state index in [0.29, 0.717) is 6.54 Å². The molecule has 0 aliphatic carbocycles. The molecule has 4 nitrogen and oxygen atoms in total. The summed E-state index contributed by atoms with van der Waals surface area (Å²) < 4.78 is 0. The molecule has 1 aliphatic heterocycles. The van der Waals surface area contributed by atoms with Crippen LogP contribution in [0.5, 0.6) is 0 Å². The molecule has 4 heteroatoms. The van der Waals surface area contributed by atoms with Crippen molar-refractivity contribution < 1.29 is 9.59 Å². The van der Waals surface area contributed by atoms with Crippen LogP contribution in [-0.4, -0.2) is 35.8 Å². The molecule has 0 spiro atoms. The third kappa shape index (κ3) is 2.94. The summed E-state index contributed by atoms with van der Waals surface area (Å²) in [5, 5.41) is 2.56. The van der Waals surface area contributed by atoms with Crippen molar-refractivity contribution in [1.29, 1.82) is 0 Å². The van der Waals surface area contributed by atoms with E-state index >= 15 is 0 Å². The van der Waals surface area contributed by atoms with E-state index in [-0.39, 0.29) is 11.9 Å². The average molecular weight is 212 g/mol. The fourth-order valence-electron chi connectivity index (χ4n) is 2.06. The quantitative estimate of drug-likeness (QED) is 0.692. The molecule has 1 unspecified atom stereocenters. The van der Waals surface area contributed by atoms with Gasteiger partial charge >= 0.3 is 11.8 Å². The van der Waals surface area contributed by atoms with Gasteiger partial charge in [-0.15, -0.1) is 0 Å². The minimum absolute atomic E-state index is 0.258. The molecule has 0 saturated carbocycles. The molecule has 0 aromatic rings. The Labute approximate surface area is 91.0 Å². The van der Waals surface area contributed by atoms with Crippen molar-refractivity contribution in [3.05, 3.63) is 0 Å². The smallest absolute Gasteiger partial charge is 0.312 e. The molecular weight excluding hydrogens is 192 g/mol. The summed E-state index contributed by atoms with van der Waals surface area (Å²) in [5.74, 6) is -0.818. The first-order valence-electron chi connectivity index (χ1n) is 5.79. The van der Waals surface area contributed by atoms with E-state index in [2.05, 4.69) is 12.2 Å². The molecule has 0 aromatic heterocycles. The number of piperidine rings is 1. The molecule has 0 aromatic carbocycles. The summed E-state index contributed by atoms with van der Waals surface area (Å²) in [4.78, 5) is 24.9. The molecule has 0 bridgehead atoms. The van der Waals surface area contributed by atoms with E-state index in [1.165, 1.54) is 0 Å². The van der Waals surface area contributed by atoms with Crippen LogP contribution >= 0.6 is 0 Å². The van der Waals surface area contributed by atoms with Crippen molar-refractivity contribution >= 4 is 11.8 Å². The van der Waals surface area contributed by atoms with Crippen LogP contribution in [0.4, 0.5) is 0 Å². The maximum Gasteiger partial charge on any atom is 0.312 e. The number of nitrogens with one attached hydrogen (secondary N) is 1. The number of hydrogen-bond acceptors (Lipinski definition) is 2. The summed E-state index contributed by atoms with van der Waals surface area (Å²) >= 11 is 0. The van der Waals surface area contributed by atoms with Crippen LogP contribution in [0.3, 0.4) is 0 Å². The summed E-state index contributed by atoms with van der Waals surface area (Å²) in [5.41, 5.74) is 0. The molecule has 86 valence electrons. The van der Waals surface area contributed by atoms with Crippen molar-refractivity contribution in [3.63, 3.8) is 0 Å². The van der Waals surface area contributed by atoms with Gasteiger partial charge in [-0.05, 0) is 32.6 Å². The molecule has 2 amide bonds. The van der Waals surface area contributed by atoms with E-state index in [1.54, 1.807) is 4.90 Å². The highest BCUT2D eigenvalue weighted by molar-refractivity contribution is 6.35. The fourth-order valence-corrected chi connectivity index (χ4v) is 2.06. The number of likely N-dealkylation sites (tertiary alicyclic amines) is 1. The predicted molar refractivity (Wildman–Crippen MR) is 58.3 cm³/mol. The molecule has 0 radical (unpaired) electrons. The molecular formula is C11H20N2O2. The highest BCUT2D eigenvalue weighted by Crippen LogP contribution is 2.19. The number of likely N-dealkylation sites (N-methyl/N-ethyl adjacent to an activating group) is 1. The Morgan fingerprint density at radius 3 is 2.67 bits per heavy atom. The lowest BCUT2D eigenvalue weighted by Crippen LogP contribution is -2.49. The van der Waals surface area contributed by atoms with Crippen molar-refractivity contribution in [3.8, 4) is 0 Å². The van der Waals surface area contributed by atoms with Gasteiger partial charge in [0.05, 0.1) is 0 Å². The van der Waals surface area contributed by atoms with Crippen LogP contribution in [-0.2, 0) is 9.59 Å². The second-order valence-corrected chi connectivity index (χ2v) is 3.92. The largest absolute Gasteiger partial charge is 0.348 e. The summed E-state index contributed by atoms with van der Waals surface area (Å²) in [6, 6.07) is 0.258. The molecule has 1 rings (SSSR count). The van der Waals surface area contributed by atoms with Crippen LogP contribution < -0.4 is 5.32 Å². The number of hydrogen-bond donors (Lipinski definition) is 1. The zero-order valence-electron chi connectivity index (χ0n) is 9.58. The van der Waals surface area contributed by atoms with Crippen molar-refractivity contribution in [2.75, 3.05) is 13.1 Å². The predicted octanol–water partition coefficient (Wildman–Crippen LogP) is 0.914. The summed E-state index contributed by atoms with van der Waals surface area (Å²) in [6.45, 7) is 5.12. The van der Waals surface area contributed by atoms with Crippen molar-refractivity contribution in [2.24, 2.45) is 0 Å². The van der Waals surface area contributed by atoms with E-state index < -0.39 is 5.91 Å². The number of rotatable bonds is 2. The van der Waals surface area contributed by atoms with Gasteiger partial charge in [0.1, 0.15) is 0 Å². The first kappa shape index (κ1) is 12.0. The number of carbonyl (C=O) groups excluding carboxylic acids is 2. The lowest BCUT2D eigenvalue weighted by atomic mass is 10.00. The first-order chi connectivity index (χ1) is 7.20. The third-order valence-corrected chi connectivity index (χ3v) is 2.89. The van der Waals surface area contributed by atoms with Gasteiger partial charge in [0.15, 0.2) is 0 Å². The molecule has 1 heterocycles. The van der Waals surface area contributed by atoms with Gasteiger partial charge < -0.3 is 10.2 Å². The maximum absolute atomic E-state index is 11.8. The second-order valence-electron chi connectivity index (χ2n) is 3.92. The number of nitrogens with zero attached hydrogens (tertiary/aromatic N) is 1. The molecule has 1 saturated heterocycles. The molecule has 1 N–H and O–H groups in total. The van der Waals surface area contributed by atoms with Crippen LogP contribution in [0, 0.1) is 0 Å². The minimum atomic E-state index is -0.460. The number of amides is 2. The molecule has 1 atom stereocenters. The van der Waals surface area contributed by atoms with Gasteiger partial charge in [0, 0.05) is 19.1 Å². The third-order valence-electron chi connectivity index (χ3n) is 2.89. The lowest BCUT2D eigenvalue weighted by molar-refractivity contribution is -0.148. The lowest BCUT2D eigenvalue weighted by Gasteiger charge is -2.34. The highest BCUT2D eigenvalue weighted by atomic mass is 16.2. The number of carbonyl (C=O) groups is 2. The highest BCUT2D eigenvalue weighted by Gasteiger charge is 2.29. The normalized spacial score (nSPS) is 21.2. The minimum Gasteiger partial charge on any atom is -0.348 e.